The average molecular weight is 528 g/mol. The summed E-state index contributed by atoms with van der Waals surface area (Å²) in [5.74, 6) is 0.136. The number of ether oxygens (including phenoxy) is 1. The Morgan fingerprint density at radius 3 is 2.64 bits per heavy atom. The lowest BCUT2D eigenvalue weighted by Crippen LogP contribution is -2.03. The first kappa shape index (κ1) is 21.0. The molecule has 0 bridgehead atoms. The summed E-state index contributed by atoms with van der Waals surface area (Å²) in [4.78, 5) is 4.21. The highest BCUT2D eigenvalue weighted by molar-refractivity contribution is 9.11. The van der Waals surface area contributed by atoms with Gasteiger partial charge in [-0.15, -0.1) is 5.10 Å². The quantitative estimate of drug-likeness (QED) is 0.445. The third kappa shape index (κ3) is 5.90. The molecule has 0 fully saturated rings. The van der Waals surface area contributed by atoms with Gasteiger partial charge in [0.05, 0.1) is 21.7 Å². The molecule has 0 saturated carbocycles. The molecule has 1 aliphatic carbocycles. The molecule has 1 N–H and O–H groups in total. The molecule has 5 nitrogen and oxygen atoms in total. The van der Waals surface area contributed by atoms with Crippen molar-refractivity contribution >= 4 is 43.5 Å². The van der Waals surface area contributed by atoms with Crippen LogP contribution in [0.5, 0.6) is 11.8 Å². The van der Waals surface area contributed by atoms with Crippen LogP contribution in [0.4, 0.5) is 0 Å². The van der Waals surface area contributed by atoms with Gasteiger partial charge in [-0.1, -0.05) is 34.9 Å². The van der Waals surface area contributed by atoms with E-state index < -0.39 is 0 Å². The topological polar surface area (TPSA) is 68.1 Å². The zero-order valence-electron chi connectivity index (χ0n) is 14.9. The van der Waals surface area contributed by atoms with Crippen LogP contribution in [0.15, 0.2) is 62.2 Å². The minimum Gasteiger partial charge on any atom is -0.506 e. The predicted molar refractivity (Wildman–Crippen MR) is 117 cm³/mol. The number of rotatable bonds is 6. The first-order valence-corrected chi connectivity index (χ1v) is 10.7. The van der Waals surface area contributed by atoms with Crippen LogP contribution in [0.1, 0.15) is 25.7 Å². The van der Waals surface area contributed by atoms with Gasteiger partial charge in [0.15, 0.2) is 0 Å². The molecule has 1 aromatic heterocycles. The molecule has 1 aliphatic rings. The monoisotopic (exact) mass is 525 g/mol. The van der Waals surface area contributed by atoms with Crippen LogP contribution in [0, 0.1) is 0 Å². The number of aromatic hydroxyl groups is 1. The van der Waals surface area contributed by atoms with E-state index in [9.17, 15) is 5.11 Å². The van der Waals surface area contributed by atoms with Crippen LogP contribution in [0.25, 0.3) is 11.3 Å². The number of hydrogen-bond acceptors (Lipinski definition) is 5. The van der Waals surface area contributed by atoms with Crippen molar-refractivity contribution < 1.29 is 9.84 Å². The maximum atomic E-state index is 9.80. The molecule has 0 saturated heterocycles. The van der Waals surface area contributed by atoms with Gasteiger partial charge in [0.2, 0.25) is 0 Å². The second-order valence-electron chi connectivity index (χ2n) is 6.16. The normalized spacial score (nSPS) is 19.0. The van der Waals surface area contributed by atoms with Crippen molar-refractivity contribution in [3.05, 3.63) is 62.2 Å². The van der Waals surface area contributed by atoms with Gasteiger partial charge in [-0.2, -0.15) is 0 Å². The van der Waals surface area contributed by atoms with Crippen LogP contribution in [0.3, 0.4) is 0 Å². The molecule has 0 radical (unpaired) electrons. The maximum absolute atomic E-state index is 9.80. The summed E-state index contributed by atoms with van der Waals surface area (Å²) in [6.07, 6.45) is 13.5. The van der Waals surface area contributed by atoms with Crippen molar-refractivity contribution in [2.24, 2.45) is 0 Å². The molecule has 28 heavy (non-hydrogen) atoms. The molecule has 0 spiro atoms. The third-order valence-corrected chi connectivity index (χ3v) is 5.58. The van der Waals surface area contributed by atoms with Gasteiger partial charge in [0.1, 0.15) is 11.4 Å². The van der Waals surface area contributed by atoms with Gasteiger partial charge >= 0.3 is 6.01 Å². The van der Waals surface area contributed by atoms with Crippen LogP contribution in [-0.2, 0) is 0 Å². The van der Waals surface area contributed by atoms with E-state index in [4.69, 9.17) is 16.3 Å². The van der Waals surface area contributed by atoms with Gasteiger partial charge in [-0.3, -0.25) is 0 Å². The number of phenolic OH excluding ortho intramolecular Hbond substituents is 1. The van der Waals surface area contributed by atoms with E-state index in [1.807, 2.05) is 6.08 Å². The number of nitrogens with zero attached hydrogens (tertiary/aromatic N) is 3. The third-order valence-electron chi connectivity index (χ3n) is 4.05. The Morgan fingerprint density at radius 2 is 1.93 bits per heavy atom. The SMILES string of the molecule is Oc1c(Br)cc(-c2cnc(OCCCC3=C/C=C(/Cl)CC/C=C\3)nn2)cc1Br. The van der Waals surface area contributed by atoms with Crippen molar-refractivity contribution in [2.45, 2.75) is 25.7 Å². The summed E-state index contributed by atoms with van der Waals surface area (Å²) < 4.78 is 6.72. The van der Waals surface area contributed by atoms with Crippen molar-refractivity contribution in [3.8, 4) is 23.0 Å². The van der Waals surface area contributed by atoms with Gasteiger partial charge < -0.3 is 9.84 Å². The van der Waals surface area contributed by atoms with Crippen LogP contribution in [0.2, 0.25) is 0 Å². The van der Waals surface area contributed by atoms with Gasteiger partial charge in [0.25, 0.3) is 0 Å². The number of allylic oxidation sites excluding steroid dienone is 6. The molecule has 146 valence electrons. The van der Waals surface area contributed by atoms with E-state index in [1.54, 1.807) is 18.3 Å². The highest BCUT2D eigenvalue weighted by atomic mass is 79.9. The molecule has 3 rings (SSSR count). The molecule has 0 aliphatic heterocycles. The molecule has 1 aromatic carbocycles. The van der Waals surface area contributed by atoms with E-state index in [-0.39, 0.29) is 11.8 Å². The molecular weight excluding hydrogens is 510 g/mol. The van der Waals surface area contributed by atoms with Gasteiger partial charge in [-0.05, 0) is 81.3 Å². The summed E-state index contributed by atoms with van der Waals surface area (Å²) in [7, 11) is 0. The predicted octanol–water partition coefficient (Wildman–Crippen LogP) is 6.33. The van der Waals surface area contributed by atoms with Gasteiger partial charge in [0, 0.05) is 10.6 Å². The lowest BCUT2D eigenvalue weighted by molar-refractivity contribution is 0.283. The number of hydrogen-bond donors (Lipinski definition) is 1. The molecule has 1 heterocycles. The molecule has 8 heteroatoms. The molecule has 0 atom stereocenters. The highest BCUT2D eigenvalue weighted by Crippen LogP contribution is 2.36. The van der Waals surface area contributed by atoms with E-state index in [2.05, 4.69) is 65.3 Å². The van der Waals surface area contributed by atoms with Crippen LogP contribution in [-0.4, -0.2) is 26.9 Å². The fourth-order valence-electron chi connectivity index (χ4n) is 2.58. The number of benzene rings is 1. The Kier molecular flexibility index (Phi) is 7.65. The molecule has 0 amide bonds. The zero-order valence-corrected chi connectivity index (χ0v) is 18.8. The summed E-state index contributed by atoms with van der Waals surface area (Å²) in [6, 6.07) is 3.75. The Hall–Kier alpha value is -1.70. The molecule has 2 aromatic rings. The molecule has 0 unspecified atom stereocenters. The molecular formula is C20H18Br2ClN3O2. The fraction of sp³-hybridized carbons (Fsp3) is 0.250. The van der Waals surface area contributed by atoms with Crippen molar-refractivity contribution in [2.75, 3.05) is 6.61 Å². The number of halogens is 3. The van der Waals surface area contributed by atoms with E-state index in [0.717, 1.165) is 36.3 Å². The van der Waals surface area contributed by atoms with E-state index in [0.29, 0.717) is 21.2 Å². The minimum absolute atomic E-state index is 0.136. The number of aromatic nitrogens is 3. The zero-order chi connectivity index (χ0) is 19.9. The summed E-state index contributed by atoms with van der Waals surface area (Å²) >= 11 is 12.7. The van der Waals surface area contributed by atoms with Gasteiger partial charge in [-0.25, -0.2) is 4.98 Å². The highest BCUT2D eigenvalue weighted by Gasteiger charge is 2.10. The van der Waals surface area contributed by atoms with Crippen molar-refractivity contribution in [3.63, 3.8) is 0 Å². The van der Waals surface area contributed by atoms with Crippen LogP contribution < -0.4 is 4.74 Å². The first-order valence-electron chi connectivity index (χ1n) is 8.75. The Balaban J connectivity index is 1.54. The minimum atomic E-state index is 0.136. The average Bonchev–Trinajstić information content (AvgIpc) is 2.68. The maximum Gasteiger partial charge on any atom is 0.335 e. The smallest absolute Gasteiger partial charge is 0.335 e. The Labute approximate surface area is 185 Å². The Morgan fingerprint density at radius 1 is 1.14 bits per heavy atom. The fourth-order valence-corrected chi connectivity index (χ4v) is 3.93. The summed E-state index contributed by atoms with van der Waals surface area (Å²) in [6.45, 7) is 0.500. The van der Waals surface area contributed by atoms with E-state index in [1.165, 1.54) is 5.57 Å². The summed E-state index contributed by atoms with van der Waals surface area (Å²) in [5.41, 5.74) is 2.58. The Bertz CT molecular complexity index is 905. The number of phenols is 1. The first-order chi connectivity index (χ1) is 13.5. The largest absolute Gasteiger partial charge is 0.506 e. The van der Waals surface area contributed by atoms with E-state index >= 15 is 0 Å². The van der Waals surface area contributed by atoms with Crippen LogP contribution >= 0.6 is 43.5 Å². The van der Waals surface area contributed by atoms with Crippen molar-refractivity contribution in [1.29, 1.82) is 0 Å². The van der Waals surface area contributed by atoms with Crippen molar-refractivity contribution in [1.82, 2.24) is 15.2 Å². The lowest BCUT2D eigenvalue weighted by atomic mass is 10.1. The summed E-state index contributed by atoms with van der Waals surface area (Å²) in [5, 5.41) is 18.9. The standard InChI is InChI=1S/C20H18Br2ClN3O2/c21-16-10-14(11-17(22)19(16)27)18-12-24-20(26-25-18)28-9-3-5-13-4-1-2-6-15(23)8-7-13/h1,4,7-8,10-12,27H,2-3,5-6,9H2/b4-1-,13-7+,15-8+. The lowest BCUT2D eigenvalue weighted by Gasteiger charge is -2.07. The second kappa shape index (κ2) is 10.2. The second-order valence-corrected chi connectivity index (χ2v) is 8.36.